The molecular weight excluding hydrogens is 332 g/mol. The summed E-state index contributed by atoms with van der Waals surface area (Å²) in [5.41, 5.74) is 5.43. The third-order valence-corrected chi connectivity index (χ3v) is 5.46. The Bertz CT molecular complexity index is 1110. The van der Waals surface area contributed by atoms with E-state index in [0.29, 0.717) is 6.54 Å². The van der Waals surface area contributed by atoms with E-state index >= 15 is 0 Å². The summed E-state index contributed by atoms with van der Waals surface area (Å²) in [4.78, 5) is 18.6. The number of H-pyrrole nitrogens is 1. The molecule has 0 saturated carbocycles. The van der Waals surface area contributed by atoms with Gasteiger partial charge in [0.2, 0.25) is 0 Å². The van der Waals surface area contributed by atoms with Crippen LogP contribution >= 0.6 is 0 Å². The molecule has 1 aliphatic heterocycles. The van der Waals surface area contributed by atoms with Gasteiger partial charge < -0.3 is 9.88 Å². The highest BCUT2D eigenvalue weighted by molar-refractivity contribution is 6.00. The van der Waals surface area contributed by atoms with Gasteiger partial charge in [0.1, 0.15) is 0 Å². The van der Waals surface area contributed by atoms with E-state index in [1.54, 1.807) is 0 Å². The van der Waals surface area contributed by atoms with Gasteiger partial charge in [-0.15, -0.1) is 0 Å². The van der Waals surface area contributed by atoms with Gasteiger partial charge in [0.25, 0.3) is 5.91 Å². The molecule has 0 radical (unpaired) electrons. The summed E-state index contributed by atoms with van der Waals surface area (Å²) in [6, 6.07) is 26.6. The van der Waals surface area contributed by atoms with Crippen molar-refractivity contribution in [2.24, 2.45) is 0 Å². The molecule has 132 valence electrons. The number of rotatable bonds is 4. The first-order valence-electron chi connectivity index (χ1n) is 9.33. The van der Waals surface area contributed by atoms with E-state index in [1.807, 2.05) is 47.4 Å². The number of hydrogen-bond donors (Lipinski definition) is 1. The van der Waals surface area contributed by atoms with Gasteiger partial charge in [0, 0.05) is 34.8 Å². The van der Waals surface area contributed by atoms with Crippen LogP contribution in [0.15, 0.2) is 85.1 Å². The van der Waals surface area contributed by atoms with Gasteiger partial charge in [-0.05, 0) is 29.7 Å². The number of carbonyl (C=O) groups excluding carboxylic acids is 1. The zero-order valence-electron chi connectivity index (χ0n) is 14.9. The topological polar surface area (TPSA) is 36.1 Å². The van der Waals surface area contributed by atoms with Gasteiger partial charge in [-0.2, -0.15) is 0 Å². The van der Waals surface area contributed by atoms with Crippen LogP contribution in [0.5, 0.6) is 0 Å². The van der Waals surface area contributed by atoms with Crippen molar-refractivity contribution >= 4 is 16.8 Å². The molecule has 0 spiro atoms. The van der Waals surface area contributed by atoms with Gasteiger partial charge in [-0.3, -0.25) is 4.79 Å². The average Bonchev–Trinajstić information content (AvgIpc) is 3.26. The molecule has 5 rings (SSSR count). The van der Waals surface area contributed by atoms with E-state index in [4.69, 9.17) is 0 Å². The number of nitrogens with one attached hydrogen (secondary N) is 1. The molecule has 27 heavy (non-hydrogen) atoms. The maximum atomic E-state index is 13.2. The first kappa shape index (κ1) is 15.9. The second kappa shape index (κ2) is 6.44. The highest BCUT2D eigenvalue weighted by atomic mass is 16.2. The number of aromatic amines is 1. The van der Waals surface area contributed by atoms with E-state index in [9.17, 15) is 4.79 Å². The molecule has 1 N–H and O–H groups in total. The minimum absolute atomic E-state index is 0.0476. The largest absolute Gasteiger partial charge is 0.361 e. The van der Waals surface area contributed by atoms with Crippen LogP contribution < -0.4 is 0 Å². The van der Waals surface area contributed by atoms with Crippen LogP contribution in [-0.4, -0.2) is 22.3 Å². The number of aromatic nitrogens is 1. The van der Waals surface area contributed by atoms with Gasteiger partial charge in [0.15, 0.2) is 0 Å². The summed E-state index contributed by atoms with van der Waals surface area (Å²) in [5, 5.41) is 1.18. The maximum absolute atomic E-state index is 13.2. The maximum Gasteiger partial charge on any atom is 0.255 e. The summed E-state index contributed by atoms with van der Waals surface area (Å²) in [7, 11) is 0. The Kier molecular flexibility index (Phi) is 3.79. The van der Waals surface area contributed by atoms with Gasteiger partial charge in [0.05, 0.1) is 6.04 Å². The molecule has 1 aliphatic rings. The van der Waals surface area contributed by atoms with Gasteiger partial charge in [-0.25, -0.2) is 0 Å². The van der Waals surface area contributed by atoms with Crippen molar-refractivity contribution < 1.29 is 4.79 Å². The van der Waals surface area contributed by atoms with Crippen molar-refractivity contribution in [1.82, 2.24) is 9.88 Å². The molecule has 0 bridgehead atoms. The summed E-state index contributed by atoms with van der Waals surface area (Å²) in [6.45, 7) is 0.696. The molecule has 0 saturated heterocycles. The van der Waals surface area contributed by atoms with Crippen LogP contribution in [0.2, 0.25) is 0 Å². The highest BCUT2D eigenvalue weighted by Crippen LogP contribution is 2.41. The SMILES string of the molecule is O=C1c2ccccc2[C@@H](c2c[nH]c3ccccc23)N1CCc1ccccc1. The first-order chi connectivity index (χ1) is 13.3. The van der Waals surface area contributed by atoms with E-state index in [2.05, 4.69) is 47.6 Å². The molecule has 1 amide bonds. The molecule has 3 aromatic carbocycles. The van der Waals surface area contributed by atoms with E-state index in [1.165, 1.54) is 10.9 Å². The number of hydrogen-bond acceptors (Lipinski definition) is 1. The van der Waals surface area contributed by atoms with Crippen LogP contribution in [0, 0.1) is 0 Å². The van der Waals surface area contributed by atoms with E-state index in [0.717, 1.165) is 28.6 Å². The standard InChI is InChI=1S/C24H20N2O/c27-24-20-12-5-4-11-19(20)23(21-16-25-22-13-7-6-10-18(21)22)26(24)15-14-17-8-2-1-3-9-17/h1-13,16,23,25H,14-15H2/t23-/m0/s1. The molecule has 1 aromatic heterocycles. The predicted molar refractivity (Wildman–Crippen MR) is 108 cm³/mol. The molecule has 1 atom stereocenters. The zero-order valence-corrected chi connectivity index (χ0v) is 14.9. The van der Waals surface area contributed by atoms with Crippen molar-refractivity contribution in [2.45, 2.75) is 12.5 Å². The number of fused-ring (bicyclic) bond motifs is 2. The van der Waals surface area contributed by atoms with Crippen molar-refractivity contribution in [1.29, 1.82) is 0 Å². The van der Waals surface area contributed by atoms with Gasteiger partial charge >= 0.3 is 0 Å². The van der Waals surface area contributed by atoms with Crippen LogP contribution in [-0.2, 0) is 6.42 Å². The normalized spacial score (nSPS) is 16.1. The number of amides is 1. The van der Waals surface area contributed by atoms with Crippen LogP contribution in [0.25, 0.3) is 10.9 Å². The fourth-order valence-corrected chi connectivity index (χ4v) is 4.15. The minimum atomic E-state index is -0.0476. The molecule has 4 aromatic rings. The number of carbonyl (C=O) groups is 1. The molecular formula is C24H20N2O. The number of para-hydroxylation sites is 1. The lowest BCUT2D eigenvalue weighted by atomic mass is 9.97. The molecule has 3 heteroatoms. The number of nitrogens with zero attached hydrogens (tertiary/aromatic N) is 1. The number of benzene rings is 3. The Balaban J connectivity index is 1.57. The van der Waals surface area contributed by atoms with Crippen molar-refractivity contribution in [3.63, 3.8) is 0 Å². The Labute approximate surface area is 158 Å². The lowest BCUT2D eigenvalue weighted by Crippen LogP contribution is -2.30. The van der Waals surface area contributed by atoms with Crippen molar-refractivity contribution in [3.8, 4) is 0 Å². The average molecular weight is 352 g/mol. The van der Waals surface area contributed by atoms with Crippen molar-refractivity contribution in [2.75, 3.05) is 6.54 Å². The van der Waals surface area contributed by atoms with E-state index < -0.39 is 0 Å². The predicted octanol–water partition coefficient (Wildman–Crippen LogP) is 4.96. The smallest absolute Gasteiger partial charge is 0.255 e. The second-order valence-electron chi connectivity index (χ2n) is 7.01. The molecule has 2 heterocycles. The summed E-state index contributed by atoms with van der Waals surface area (Å²) in [6.07, 6.45) is 2.90. The monoisotopic (exact) mass is 352 g/mol. The molecule has 0 aliphatic carbocycles. The zero-order chi connectivity index (χ0) is 18.2. The summed E-state index contributed by atoms with van der Waals surface area (Å²) >= 11 is 0. The Morgan fingerprint density at radius 1 is 0.815 bits per heavy atom. The summed E-state index contributed by atoms with van der Waals surface area (Å²) in [5.74, 6) is 0.122. The second-order valence-corrected chi connectivity index (χ2v) is 7.01. The first-order valence-corrected chi connectivity index (χ1v) is 9.33. The van der Waals surface area contributed by atoms with Gasteiger partial charge in [-0.1, -0.05) is 66.7 Å². The quantitative estimate of drug-likeness (QED) is 0.554. The minimum Gasteiger partial charge on any atom is -0.361 e. The van der Waals surface area contributed by atoms with Crippen LogP contribution in [0.1, 0.15) is 33.1 Å². The van der Waals surface area contributed by atoms with Crippen LogP contribution in [0.3, 0.4) is 0 Å². The lowest BCUT2D eigenvalue weighted by molar-refractivity contribution is 0.0752. The Morgan fingerprint density at radius 3 is 2.44 bits per heavy atom. The third kappa shape index (κ3) is 2.63. The fourth-order valence-electron chi connectivity index (χ4n) is 4.15. The van der Waals surface area contributed by atoms with Crippen LogP contribution in [0.4, 0.5) is 0 Å². The lowest BCUT2D eigenvalue weighted by Gasteiger charge is -2.25. The molecule has 0 unspecified atom stereocenters. The summed E-state index contributed by atoms with van der Waals surface area (Å²) < 4.78 is 0. The molecule has 3 nitrogen and oxygen atoms in total. The Hall–Kier alpha value is -3.33. The van der Waals surface area contributed by atoms with E-state index in [-0.39, 0.29) is 11.9 Å². The molecule has 0 fully saturated rings. The Morgan fingerprint density at radius 2 is 1.56 bits per heavy atom. The fraction of sp³-hybridized carbons (Fsp3) is 0.125. The third-order valence-electron chi connectivity index (χ3n) is 5.46. The van der Waals surface area contributed by atoms with Crippen molar-refractivity contribution in [3.05, 3.63) is 107 Å². The highest BCUT2D eigenvalue weighted by Gasteiger charge is 2.38.